The molecule has 0 aliphatic heterocycles. The third-order valence-corrected chi connectivity index (χ3v) is 1.86. The first-order valence-corrected chi connectivity index (χ1v) is 3.29. The lowest BCUT2D eigenvalue weighted by molar-refractivity contribution is 0.581. The lowest BCUT2D eigenvalue weighted by Crippen LogP contribution is -1.88. The van der Waals surface area contributed by atoms with Gasteiger partial charge in [0.05, 0.1) is 0 Å². The second-order valence-electron chi connectivity index (χ2n) is 2.22. The van der Waals surface area contributed by atoms with Crippen molar-refractivity contribution < 1.29 is 4.39 Å². The van der Waals surface area contributed by atoms with Crippen LogP contribution in [-0.2, 0) is 0 Å². The van der Waals surface area contributed by atoms with Crippen molar-refractivity contribution in [2.45, 2.75) is 19.8 Å². The van der Waals surface area contributed by atoms with Crippen LogP contribution >= 0.6 is 11.6 Å². The molecular weight excluding hydrogens is 139 g/mol. The SMILES string of the molecule is CC1=C(Cl)C=C(F)CC1. The summed E-state index contributed by atoms with van der Waals surface area (Å²) in [6, 6.07) is 0. The molecule has 0 N–H and O–H groups in total. The minimum atomic E-state index is -0.106. The zero-order chi connectivity index (χ0) is 6.85. The van der Waals surface area contributed by atoms with E-state index in [2.05, 4.69) is 0 Å². The Hall–Kier alpha value is -0.300. The van der Waals surface area contributed by atoms with Crippen LogP contribution in [0.5, 0.6) is 0 Å². The standard InChI is InChI=1S/C7H8ClF/c1-5-2-3-6(9)4-7(5)8/h4H,2-3H2,1H3. The fourth-order valence-corrected chi connectivity index (χ4v) is 0.972. The Bertz CT molecular complexity index is 179. The predicted molar refractivity (Wildman–Crippen MR) is 37.0 cm³/mol. The van der Waals surface area contributed by atoms with Crippen LogP contribution in [0.2, 0.25) is 0 Å². The molecule has 0 spiro atoms. The molecule has 1 aliphatic carbocycles. The minimum absolute atomic E-state index is 0.106. The number of hydrogen-bond donors (Lipinski definition) is 0. The predicted octanol–water partition coefficient (Wildman–Crippen LogP) is 3.15. The number of hydrogen-bond acceptors (Lipinski definition) is 0. The number of halogens is 2. The second-order valence-corrected chi connectivity index (χ2v) is 2.63. The Balaban J connectivity index is 2.83. The van der Waals surface area contributed by atoms with Crippen molar-refractivity contribution in [1.82, 2.24) is 0 Å². The molecule has 0 unspecified atom stereocenters. The minimum Gasteiger partial charge on any atom is -0.212 e. The van der Waals surface area contributed by atoms with E-state index in [4.69, 9.17) is 11.6 Å². The van der Waals surface area contributed by atoms with E-state index in [-0.39, 0.29) is 5.83 Å². The molecule has 0 heterocycles. The largest absolute Gasteiger partial charge is 0.212 e. The van der Waals surface area contributed by atoms with E-state index < -0.39 is 0 Å². The molecule has 0 saturated heterocycles. The molecule has 9 heavy (non-hydrogen) atoms. The first-order valence-electron chi connectivity index (χ1n) is 2.91. The van der Waals surface area contributed by atoms with Crippen LogP contribution in [0.15, 0.2) is 22.5 Å². The molecule has 0 aromatic carbocycles. The van der Waals surface area contributed by atoms with Crippen molar-refractivity contribution in [1.29, 1.82) is 0 Å². The molecule has 0 fully saturated rings. The van der Waals surface area contributed by atoms with Crippen molar-refractivity contribution in [3.05, 3.63) is 22.5 Å². The summed E-state index contributed by atoms with van der Waals surface area (Å²) in [5.41, 5.74) is 1.08. The van der Waals surface area contributed by atoms with Gasteiger partial charge in [-0.25, -0.2) is 4.39 Å². The fraction of sp³-hybridized carbons (Fsp3) is 0.429. The zero-order valence-electron chi connectivity index (χ0n) is 5.25. The van der Waals surface area contributed by atoms with Gasteiger partial charge in [-0.2, -0.15) is 0 Å². The van der Waals surface area contributed by atoms with Crippen LogP contribution < -0.4 is 0 Å². The third kappa shape index (κ3) is 1.55. The van der Waals surface area contributed by atoms with Gasteiger partial charge >= 0.3 is 0 Å². The van der Waals surface area contributed by atoms with Gasteiger partial charge in [0.15, 0.2) is 0 Å². The quantitative estimate of drug-likeness (QED) is 0.493. The van der Waals surface area contributed by atoms with Crippen molar-refractivity contribution >= 4 is 11.6 Å². The zero-order valence-corrected chi connectivity index (χ0v) is 6.00. The highest BCUT2D eigenvalue weighted by molar-refractivity contribution is 6.31. The smallest absolute Gasteiger partial charge is 0.102 e. The molecule has 0 aromatic rings. The summed E-state index contributed by atoms with van der Waals surface area (Å²) in [6.07, 6.45) is 2.67. The molecule has 0 atom stereocenters. The van der Waals surface area contributed by atoms with Crippen LogP contribution in [0.3, 0.4) is 0 Å². The highest BCUT2D eigenvalue weighted by Gasteiger charge is 2.06. The summed E-state index contributed by atoms with van der Waals surface area (Å²) in [5, 5.41) is 0.568. The Kier molecular flexibility index (Phi) is 1.91. The van der Waals surface area contributed by atoms with Crippen molar-refractivity contribution in [2.75, 3.05) is 0 Å². The van der Waals surface area contributed by atoms with Gasteiger partial charge in [-0.15, -0.1) is 0 Å². The maximum Gasteiger partial charge on any atom is 0.102 e. The summed E-state index contributed by atoms with van der Waals surface area (Å²) in [4.78, 5) is 0. The van der Waals surface area contributed by atoms with Gasteiger partial charge in [-0.05, 0) is 19.4 Å². The average Bonchev–Trinajstić information content (AvgIpc) is 1.80. The lowest BCUT2D eigenvalue weighted by atomic mass is 10.1. The van der Waals surface area contributed by atoms with E-state index in [0.29, 0.717) is 11.5 Å². The second kappa shape index (κ2) is 2.53. The number of allylic oxidation sites excluding steroid dienone is 4. The van der Waals surface area contributed by atoms with Gasteiger partial charge < -0.3 is 0 Å². The fourth-order valence-electron chi connectivity index (χ4n) is 0.759. The Morgan fingerprint density at radius 3 is 2.67 bits per heavy atom. The normalized spacial score (nSPS) is 20.1. The average molecular weight is 147 g/mol. The Morgan fingerprint density at radius 1 is 1.56 bits per heavy atom. The molecule has 50 valence electrons. The molecular formula is C7H8ClF. The van der Waals surface area contributed by atoms with E-state index in [0.717, 1.165) is 12.0 Å². The molecule has 0 nitrogen and oxygen atoms in total. The van der Waals surface area contributed by atoms with E-state index >= 15 is 0 Å². The highest BCUT2D eigenvalue weighted by Crippen LogP contribution is 2.26. The molecule has 0 aromatic heterocycles. The number of rotatable bonds is 0. The van der Waals surface area contributed by atoms with Crippen molar-refractivity contribution in [2.24, 2.45) is 0 Å². The topological polar surface area (TPSA) is 0 Å². The van der Waals surface area contributed by atoms with Crippen molar-refractivity contribution in [3.8, 4) is 0 Å². The molecule has 0 radical (unpaired) electrons. The van der Waals surface area contributed by atoms with E-state index in [1.54, 1.807) is 0 Å². The summed E-state index contributed by atoms with van der Waals surface area (Å²) in [7, 11) is 0. The van der Waals surface area contributed by atoms with E-state index in [1.807, 2.05) is 6.92 Å². The Morgan fingerprint density at radius 2 is 2.22 bits per heavy atom. The molecule has 0 bridgehead atoms. The van der Waals surface area contributed by atoms with E-state index in [9.17, 15) is 4.39 Å². The van der Waals surface area contributed by atoms with Crippen LogP contribution in [0.1, 0.15) is 19.8 Å². The highest BCUT2D eigenvalue weighted by atomic mass is 35.5. The Labute approximate surface area is 59.0 Å². The van der Waals surface area contributed by atoms with Gasteiger partial charge in [-0.1, -0.05) is 17.2 Å². The van der Waals surface area contributed by atoms with Crippen molar-refractivity contribution in [3.63, 3.8) is 0 Å². The molecule has 0 saturated carbocycles. The molecule has 1 rings (SSSR count). The van der Waals surface area contributed by atoms with Gasteiger partial charge in [0.1, 0.15) is 5.83 Å². The summed E-state index contributed by atoms with van der Waals surface area (Å²) in [5.74, 6) is -0.106. The molecule has 2 heteroatoms. The molecule has 0 amide bonds. The summed E-state index contributed by atoms with van der Waals surface area (Å²) >= 11 is 5.63. The van der Waals surface area contributed by atoms with Crippen LogP contribution in [0.4, 0.5) is 4.39 Å². The first kappa shape index (κ1) is 6.81. The van der Waals surface area contributed by atoms with Crippen LogP contribution in [0, 0.1) is 0 Å². The van der Waals surface area contributed by atoms with Gasteiger partial charge in [0, 0.05) is 11.5 Å². The van der Waals surface area contributed by atoms with Gasteiger partial charge in [-0.3, -0.25) is 0 Å². The monoisotopic (exact) mass is 146 g/mol. The van der Waals surface area contributed by atoms with E-state index in [1.165, 1.54) is 6.08 Å². The maximum absolute atomic E-state index is 12.3. The maximum atomic E-state index is 12.3. The summed E-state index contributed by atoms with van der Waals surface area (Å²) < 4.78 is 12.3. The van der Waals surface area contributed by atoms with Gasteiger partial charge in [0.2, 0.25) is 0 Å². The van der Waals surface area contributed by atoms with Crippen LogP contribution in [-0.4, -0.2) is 0 Å². The van der Waals surface area contributed by atoms with Crippen LogP contribution in [0.25, 0.3) is 0 Å². The third-order valence-electron chi connectivity index (χ3n) is 1.43. The first-order chi connectivity index (χ1) is 4.20. The molecule has 1 aliphatic rings. The summed E-state index contributed by atoms with van der Waals surface area (Å²) in [6.45, 7) is 1.92. The van der Waals surface area contributed by atoms with Gasteiger partial charge in [0.25, 0.3) is 0 Å². The lowest BCUT2D eigenvalue weighted by Gasteiger charge is -2.07.